The van der Waals surface area contributed by atoms with Gasteiger partial charge in [-0.15, -0.1) is 0 Å². The lowest BCUT2D eigenvalue weighted by atomic mass is 10.1. The molecule has 3 rings (SSSR count). The summed E-state index contributed by atoms with van der Waals surface area (Å²) in [5, 5.41) is 10.5. The van der Waals surface area contributed by atoms with E-state index in [9.17, 15) is 9.59 Å². The molecular formula is C19H17NO4. The summed E-state index contributed by atoms with van der Waals surface area (Å²) in [6, 6.07) is 13.9. The van der Waals surface area contributed by atoms with E-state index < -0.39 is 5.97 Å². The Labute approximate surface area is 138 Å². The van der Waals surface area contributed by atoms with E-state index in [1.807, 2.05) is 25.1 Å². The Morgan fingerprint density at radius 1 is 1.17 bits per heavy atom. The number of nitrogens with zero attached hydrogens (tertiary/aromatic N) is 1. The SMILES string of the molecule is CCOc1ccc2ccn(Cc3cccc(C(=O)O)c3)c(=O)c2c1. The number of benzene rings is 2. The molecule has 0 aliphatic heterocycles. The van der Waals surface area contributed by atoms with Crippen LogP contribution < -0.4 is 10.3 Å². The number of rotatable bonds is 5. The van der Waals surface area contributed by atoms with Gasteiger partial charge in [0.25, 0.3) is 5.56 Å². The molecule has 0 spiro atoms. The quantitative estimate of drug-likeness (QED) is 0.783. The zero-order valence-corrected chi connectivity index (χ0v) is 13.2. The van der Waals surface area contributed by atoms with Gasteiger partial charge in [0.05, 0.1) is 24.1 Å². The number of carbonyl (C=O) groups is 1. The van der Waals surface area contributed by atoms with E-state index in [0.29, 0.717) is 24.3 Å². The number of fused-ring (bicyclic) bond motifs is 1. The van der Waals surface area contributed by atoms with E-state index in [4.69, 9.17) is 9.84 Å². The first-order valence-electron chi connectivity index (χ1n) is 7.66. The minimum atomic E-state index is -0.982. The van der Waals surface area contributed by atoms with E-state index in [1.54, 1.807) is 35.0 Å². The zero-order chi connectivity index (χ0) is 17.1. The number of carboxylic acid groups (broad SMARTS) is 1. The molecule has 0 aliphatic carbocycles. The van der Waals surface area contributed by atoms with Crippen molar-refractivity contribution in [1.82, 2.24) is 4.57 Å². The first kappa shape index (κ1) is 15.8. The molecule has 0 bridgehead atoms. The van der Waals surface area contributed by atoms with E-state index in [-0.39, 0.29) is 11.1 Å². The molecule has 122 valence electrons. The van der Waals surface area contributed by atoms with Crippen molar-refractivity contribution in [1.29, 1.82) is 0 Å². The van der Waals surface area contributed by atoms with Crippen molar-refractivity contribution in [3.05, 3.63) is 76.2 Å². The van der Waals surface area contributed by atoms with E-state index in [0.717, 1.165) is 10.9 Å². The van der Waals surface area contributed by atoms with Crippen LogP contribution in [0.25, 0.3) is 10.8 Å². The number of carboxylic acids is 1. The highest BCUT2D eigenvalue weighted by Crippen LogP contribution is 2.18. The van der Waals surface area contributed by atoms with Crippen LogP contribution in [0.15, 0.2) is 59.5 Å². The van der Waals surface area contributed by atoms with Crippen LogP contribution in [0.1, 0.15) is 22.8 Å². The Morgan fingerprint density at radius 2 is 2.00 bits per heavy atom. The van der Waals surface area contributed by atoms with Gasteiger partial charge >= 0.3 is 5.97 Å². The lowest BCUT2D eigenvalue weighted by Gasteiger charge is -2.09. The Balaban J connectivity index is 2.00. The molecular weight excluding hydrogens is 306 g/mol. The van der Waals surface area contributed by atoms with Crippen LogP contribution in [-0.2, 0) is 6.54 Å². The molecule has 0 radical (unpaired) electrons. The Morgan fingerprint density at radius 3 is 2.75 bits per heavy atom. The topological polar surface area (TPSA) is 68.5 Å². The molecule has 5 nitrogen and oxygen atoms in total. The summed E-state index contributed by atoms with van der Waals surface area (Å²) in [4.78, 5) is 23.8. The molecule has 2 aromatic carbocycles. The molecule has 3 aromatic rings. The van der Waals surface area contributed by atoms with Crippen LogP contribution in [0.2, 0.25) is 0 Å². The van der Waals surface area contributed by atoms with Crippen molar-refractivity contribution in [2.45, 2.75) is 13.5 Å². The molecule has 1 heterocycles. The van der Waals surface area contributed by atoms with Gasteiger partial charge < -0.3 is 14.4 Å². The zero-order valence-electron chi connectivity index (χ0n) is 13.2. The number of pyridine rings is 1. The van der Waals surface area contributed by atoms with Crippen LogP contribution in [0.4, 0.5) is 0 Å². The molecule has 0 saturated carbocycles. The third-order valence-electron chi connectivity index (χ3n) is 3.79. The van der Waals surface area contributed by atoms with E-state index >= 15 is 0 Å². The summed E-state index contributed by atoms with van der Waals surface area (Å²) < 4.78 is 7.02. The van der Waals surface area contributed by atoms with Crippen LogP contribution in [0.3, 0.4) is 0 Å². The summed E-state index contributed by atoms with van der Waals surface area (Å²) >= 11 is 0. The highest BCUT2D eigenvalue weighted by atomic mass is 16.5. The monoisotopic (exact) mass is 323 g/mol. The minimum absolute atomic E-state index is 0.130. The Bertz CT molecular complexity index is 959. The van der Waals surface area contributed by atoms with Crippen molar-refractivity contribution >= 4 is 16.7 Å². The van der Waals surface area contributed by atoms with Gasteiger partial charge in [-0.3, -0.25) is 4.79 Å². The molecule has 5 heteroatoms. The van der Waals surface area contributed by atoms with Crippen molar-refractivity contribution < 1.29 is 14.6 Å². The number of aromatic carboxylic acids is 1. The van der Waals surface area contributed by atoms with Crippen LogP contribution in [0.5, 0.6) is 5.75 Å². The van der Waals surface area contributed by atoms with E-state index in [2.05, 4.69) is 0 Å². The fourth-order valence-corrected chi connectivity index (χ4v) is 2.64. The van der Waals surface area contributed by atoms with Gasteiger partial charge in [0.15, 0.2) is 0 Å². The number of hydrogen-bond donors (Lipinski definition) is 1. The second-order valence-electron chi connectivity index (χ2n) is 5.44. The molecule has 0 saturated heterocycles. The van der Waals surface area contributed by atoms with Crippen LogP contribution in [0, 0.1) is 0 Å². The first-order valence-corrected chi connectivity index (χ1v) is 7.66. The van der Waals surface area contributed by atoms with Crippen LogP contribution in [-0.4, -0.2) is 22.2 Å². The van der Waals surface area contributed by atoms with Crippen molar-refractivity contribution in [3.8, 4) is 5.75 Å². The molecule has 0 atom stereocenters. The fourth-order valence-electron chi connectivity index (χ4n) is 2.64. The van der Waals surface area contributed by atoms with Gasteiger partial charge in [0.1, 0.15) is 5.75 Å². The minimum Gasteiger partial charge on any atom is -0.494 e. The average molecular weight is 323 g/mol. The van der Waals surface area contributed by atoms with Gasteiger partial charge in [-0.1, -0.05) is 18.2 Å². The molecule has 0 amide bonds. The number of ether oxygens (including phenoxy) is 1. The Hall–Kier alpha value is -3.08. The fraction of sp³-hybridized carbons (Fsp3) is 0.158. The van der Waals surface area contributed by atoms with Crippen LogP contribution >= 0.6 is 0 Å². The third-order valence-corrected chi connectivity index (χ3v) is 3.79. The smallest absolute Gasteiger partial charge is 0.335 e. The molecule has 0 fully saturated rings. The maximum absolute atomic E-state index is 12.7. The van der Waals surface area contributed by atoms with Crippen molar-refractivity contribution in [3.63, 3.8) is 0 Å². The van der Waals surface area contributed by atoms with Crippen molar-refractivity contribution in [2.24, 2.45) is 0 Å². The predicted octanol–water partition coefficient (Wildman–Crippen LogP) is 3.15. The average Bonchev–Trinajstić information content (AvgIpc) is 2.58. The summed E-state index contributed by atoms with van der Waals surface area (Å²) in [6.45, 7) is 2.74. The molecule has 0 aliphatic rings. The maximum atomic E-state index is 12.7. The molecule has 1 aromatic heterocycles. The normalized spacial score (nSPS) is 10.7. The third kappa shape index (κ3) is 3.15. The standard InChI is InChI=1S/C19H17NO4/c1-2-24-16-7-6-14-8-9-20(18(21)17(14)11-16)12-13-4-3-5-15(10-13)19(22)23/h3-11H,2,12H2,1H3,(H,22,23). The predicted molar refractivity (Wildman–Crippen MR) is 91.9 cm³/mol. The first-order chi connectivity index (χ1) is 11.6. The Kier molecular flexibility index (Phi) is 4.33. The van der Waals surface area contributed by atoms with Gasteiger partial charge in [-0.25, -0.2) is 4.79 Å². The second kappa shape index (κ2) is 6.58. The largest absolute Gasteiger partial charge is 0.494 e. The molecule has 24 heavy (non-hydrogen) atoms. The molecule has 0 unspecified atom stereocenters. The summed E-state index contributed by atoms with van der Waals surface area (Å²) in [5.74, 6) is -0.322. The van der Waals surface area contributed by atoms with Crippen molar-refractivity contribution in [2.75, 3.05) is 6.61 Å². The van der Waals surface area contributed by atoms with Gasteiger partial charge in [-0.2, -0.15) is 0 Å². The lowest BCUT2D eigenvalue weighted by Crippen LogP contribution is -2.20. The van der Waals surface area contributed by atoms with Gasteiger partial charge in [0.2, 0.25) is 0 Å². The number of hydrogen-bond acceptors (Lipinski definition) is 3. The molecule has 1 N–H and O–H groups in total. The second-order valence-corrected chi connectivity index (χ2v) is 5.44. The highest BCUT2D eigenvalue weighted by molar-refractivity contribution is 5.87. The lowest BCUT2D eigenvalue weighted by molar-refractivity contribution is 0.0696. The van der Waals surface area contributed by atoms with Gasteiger partial charge in [-0.05, 0) is 48.2 Å². The van der Waals surface area contributed by atoms with E-state index in [1.165, 1.54) is 6.07 Å². The highest BCUT2D eigenvalue weighted by Gasteiger charge is 2.07. The van der Waals surface area contributed by atoms with Gasteiger partial charge in [0, 0.05) is 6.20 Å². The summed E-state index contributed by atoms with van der Waals surface area (Å²) in [5.41, 5.74) is 0.840. The summed E-state index contributed by atoms with van der Waals surface area (Å²) in [6.07, 6.45) is 1.72. The number of aromatic nitrogens is 1. The maximum Gasteiger partial charge on any atom is 0.335 e. The summed E-state index contributed by atoms with van der Waals surface area (Å²) in [7, 11) is 0.